The van der Waals surface area contributed by atoms with Crippen molar-refractivity contribution < 1.29 is 5.11 Å². The zero-order chi connectivity index (χ0) is 9.42. The molecule has 2 nitrogen and oxygen atoms in total. The number of aromatic hydroxyl groups is 1. The molecule has 0 amide bonds. The van der Waals surface area contributed by atoms with Crippen LogP contribution >= 0.6 is 15.9 Å². The number of rotatable bonds is 0. The third-order valence-corrected chi connectivity index (χ3v) is 3.13. The van der Waals surface area contributed by atoms with Crippen molar-refractivity contribution in [1.29, 1.82) is 0 Å². The Labute approximate surface area is 86.3 Å². The second-order valence-electron chi connectivity index (χ2n) is 3.46. The minimum absolute atomic E-state index is 0.326. The third kappa shape index (κ3) is 1.53. The Morgan fingerprint density at radius 2 is 2.23 bits per heavy atom. The van der Waals surface area contributed by atoms with Gasteiger partial charge in [0.2, 0.25) is 0 Å². The largest absolute Gasteiger partial charge is 0.507 e. The second kappa shape index (κ2) is 3.22. The van der Waals surface area contributed by atoms with Gasteiger partial charge in [-0.15, -0.1) is 0 Å². The standard InChI is InChI=1S/C10H12BrNO/c1-12-4-2-3-7-5-8(11)10(13)6-9(7)12/h5-6,13H,2-4H2,1H3. The van der Waals surface area contributed by atoms with E-state index in [9.17, 15) is 5.11 Å². The highest BCUT2D eigenvalue weighted by atomic mass is 79.9. The van der Waals surface area contributed by atoms with Gasteiger partial charge in [0.05, 0.1) is 4.47 Å². The Morgan fingerprint density at radius 3 is 3.00 bits per heavy atom. The molecule has 0 saturated heterocycles. The van der Waals surface area contributed by atoms with Gasteiger partial charge in [-0.2, -0.15) is 0 Å². The minimum atomic E-state index is 0.326. The van der Waals surface area contributed by atoms with Gasteiger partial charge in [0, 0.05) is 25.3 Å². The van der Waals surface area contributed by atoms with E-state index in [0.29, 0.717) is 5.75 Å². The van der Waals surface area contributed by atoms with Gasteiger partial charge in [0.15, 0.2) is 0 Å². The molecule has 0 spiro atoms. The van der Waals surface area contributed by atoms with Crippen molar-refractivity contribution >= 4 is 21.6 Å². The predicted octanol–water partition coefficient (Wildman–Crippen LogP) is 2.54. The summed E-state index contributed by atoms with van der Waals surface area (Å²) in [5, 5.41) is 9.52. The fraction of sp³-hybridized carbons (Fsp3) is 0.400. The molecule has 0 atom stereocenters. The van der Waals surface area contributed by atoms with Gasteiger partial charge in [0.1, 0.15) is 5.75 Å². The van der Waals surface area contributed by atoms with Crippen LogP contribution in [0.5, 0.6) is 5.75 Å². The Balaban J connectivity index is 2.52. The molecule has 1 aliphatic rings. The molecule has 0 aliphatic carbocycles. The molecule has 0 radical (unpaired) electrons. The molecule has 13 heavy (non-hydrogen) atoms. The smallest absolute Gasteiger partial charge is 0.131 e. The summed E-state index contributed by atoms with van der Waals surface area (Å²) in [6.07, 6.45) is 2.30. The topological polar surface area (TPSA) is 23.5 Å². The van der Waals surface area contributed by atoms with Gasteiger partial charge in [-0.05, 0) is 40.4 Å². The number of halogens is 1. The van der Waals surface area contributed by atoms with E-state index in [1.807, 2.05) is 12.1 Å². The normalized spacial score (nSPS) is 15.7. The summed E-state index contributed by atoms with van der Waals surface area (Å²) in [7, 11) is 2.06. The van der Waals surface area contributed by atoms with Crippen LogP contribution in [0.3, 0.4) is 0 Å². The fourth-order valence-electron chi connectivity index (χ4n) is 1.77. The van der Waals surface area contributed by atoms with Crippen LogP contribution in [0, 0.1) is 0 Å². The zero-order valence-electron chi connectivity index (χ0n) is 7.55. The molecule has 0 unspecified atom stereocenters. The number of nitrogens with zero attached hydrogens (tertiary/aromatic N) is 1. The van der Waals surface area contributed by atoms with Crippen LogP contribution in [0.1, 0.15) is 12.0 Å². The van der Waals surface area contributed by atoms with Crippen LogP contribution in [0.15, 0.2) is 16.6 Å². The van der Waals surface area contributed by atoms with Gasteiger partial charge in [-0.25, -0.2) is 0 Å². The van der Waals surface area contributed by atoms with Gasteiger partial charge in [-0.1, -0.05) is 0 Å². The first-order valence-electron chi connectivity index (χ1n) is 4.41. The lowest BCUT2D eigenvalue weighted by molar-refractivity contribution is 0.471. The Hall–Kier alpha value is -0.700. The first-order valence-corrected chi connectivity index (χ1v) is 5.20. The van der Waals surface area contributed by atoms with E-state index >= 15 is 0 Å². The van der Waals surface area contributed by atoms with Crippen molar-refractivity contribution in [2.45, 2.75) is 12.8 Å². The van der Waals surface area contributed by atoms with Gasteiger partial charge < -0.3 is 10.0 Å². The van der Waals surface area contributed by atoms with Crippen molar-refractivity contribution in [2.24, 2.45) is 0 Å². The number of phenolic OH excluding ortho intramolecular Hbond substituents is 1. The summed E-state index contributed by atoms with van der Waals surface area (Å²) in [4.78, 5) is 2.19. The van der Waals surface area contributed by atoms with Crippen molar-refractivity contribution in [1.82, 2.24) is 0 Å². The van der Waals surface area contributed by atoms with Crippen molar-refractivity contribution in [3.05, 3.63) is 22.2 Å². The molecule has 1 N–H and O–H groups in total. The first-order chi connectivity index (χ1) is 6.18. The summed E-state index contributed by atoms with van der Waals surface area (Å²) in [5.74, 6) is 0.326. The van der Waals surface area contributed by atoms with E-state index in [4.69, 9.17) is 0 Å². The van der Waals surface area contributed by atoms with E-state index in [1.54, 1.807) is 0 Å². The molecule has 2 rings (SSSR count). The maximum atomic E-state index is 9.52. The monoisotopic (exact) mass is 241 g/mol. The molecule has 70 valence electrons. The van der Waals surface area contributed by atoms with E-state index in [-0.39, 0.29) is 0 Å². The first kappa shape index (κ1) is 8.88. The molecule has 0 aromatic heterocycles. The molecule has 1 heterocycles. The summed E-state index contributed by atoms with van der Waals surface area (Å²) in [6, 6.07) is 3.85. The van der Waals surface area contributed by atoms with E-state index in [1.165, 1.54) is 12.0 Å². The summed E-state index contributed by atoms with van der Waals surface area (Å²) < 4.78 is 0.793. The average Bonchev–Trinajstić information content (AvgIpc) is 2.09. The Morgan fingerprint density at radius 1 is 1.46 bits per heavy atom. The number of fused-ring (bicyclic) bond motifs is 1. The van der Waals surface area contributed by atoms with E-state index < -0.39 is 0 Å². The molecular formula is C10H12BrNO. The van der Waals surface area contributed by atoms with Crippen LogP contribution in [0.4, 0.5) is 5.69 Å². The number of phenols is 1. The molecule has 3 heteroatoms. The number of anilines is 1. The minimum Gasteiger partial charge on any atom is -0.507 e. The highest BCUT2D eigenvalue weighted by Gasteiger charge is 2.15. The van der Waals surface area contributed by atoms with Crippen LogP contribution in [-0.2, 0) is 6.42 Å². The fourth-order valence-corrected chi connectivity index (χ4v) is 2.17. The SMILES string of the molecule is CN1CCCc2cc(Br)c(O)cc21. The van der Waals surface area contributed by atoms with Gasteiger partial charge in [0.25, 0.3) is 0 Å². The predicted molar refractivity (Wildman–Crippen MR) is 57.4 cm³/mol. The average molecular weight is 242 g/mol. The molecular weight excluding hydrogens is 230 g/mol. The summed E-state index contributed by atoms with van der Waals surface area (Å²) >= 11 is 3.33. The van der Waals surface area contributed by atoms with Gasteiger partial charge >= 0.3 is 0 Å². The second-order valence-corrected chi connectivity index (χ2v) is 4.31. The highest BCUT2D eigenvalue weighted by Crippen LogP contribution is 2.34. The van der Waals surface area contributed by atoms with Crippen molar-refractivity contribution in [3.63, 3.8) is 0 Å². The highest BCUT2D eigenvalue weighted by molar-refractivity contribution is 9.10. The van der Waals surface area contributed by atoms with E-state index in [2.05, 4.69) is 27.9 Å². The van der Waals surface area contributed by atoms with Crippen LogP contribution in [0.25, 0.3) is 0 Å². The summed E-state index contributed by atoms with van der Waals surface area (Å²) in [5.41, 5.74) is 2.48. The van der Waals surface area contributed by atoms with E-state index in [0.717, 1.165) is 23.1 Å². The molecule has 1 aromatic rings. The van der Waals surface area contributed by atoms with Crippen LogP contribution in [0.2, 0.25) is 0 Å². The molecule has 0 saturated carbocycles. The lowest BCUT2D eigenvalue weighted by Gasteiger charge is -2.27. The third-order valence-electron chi connectivity index (χ3n) is 2.50. The van der Waals surface area contributed by atoms with Crippen molar-refractivity contribution in [2.75, 3.05) is 18.5 Å². The Bertz CT molecular complexity index is 338. The maximum absolute atomic E-state index is 9.52. The van der Waals surface area contributed by atoms with Crippen molar-refractivity contribution in [3.8, 4) is 5.75 Å². The lowest BCUT2D eigenvalue weighted by Crippen LogP contribution is -2.24. The molecule has 0 fully saturated rings. The van der Waals surface area contributed by atoms with Crippen LogP contribution < -0.4 is 4.90 Å². The van der Waals surface area contributed by atoms with Gasteiger partial charge in [-0.3, -0.25) is 0 Å². The number of aryl methyl sites for hydroxylation is 1. The van der Waals surface area contributed by atoms with Crippen LogP contribution in [-0.4, -0.2) is 18.7 Å². The zero-order valence-corrected chi connectivity index (χ0v) is 9.13. The quantitative estimate of drug-likeness (QED) is 0.755. The molecule has 1 aliphatic heterocycles. The lowest BCUT2D eigenvalue weighted by atomic mass is 10.0. The molecule has 1 aromatic carbocycles. The maximum Gasteiger partial charge on any atom is 0.131 e. The molecule has 0 bridgehead atoms. The number of hydrogen-bond donors (Lipinski definition) is 1. The summed E-state index contributed by atoms with van der Waals surface area (Å²) in [6.45, 7) is 1.08. The number of hydrogen-bond acceptors (Lipinski definition) is 2. The number of benzene rings is 1. The Kier molecular flexibility index (Phi) is 2.20.